The zero-order valence-corrected chi connectivity index (χ0v) is 20.8. The summed E-state index contributed by atoms with van der Waals surface area (Å²) in [5, 5.41) is 70.2. The van der Waals surface area contributed by atoms with E-state index >= 15 is 0 Å². The molecule has 7 N–H and O–H groups in total. The van der Waals surface area contributed by atoms with Crippen molar-refractivity contribution in [1.29, 1.82) is 0 Å². The molecule has 11 nitrogen and oxygen atoms in total. The van der Waals surface area contributed by atoms with Gasteiger partial charge in [0.25, 0.3) is 0 Å². The van der Waals surface area contributed by atoms with Gasteiger partial charge >= 0.3 is 0 Å². The fourth-order valence-electron chi connectivity index (χ4n) is 4.51. The van der Waals surface area contributed by atoms with Gasteiger partial charge in [0.15, 0.2) is 6.29 Å². The van der Waals surface area contributed by atoms with Crippen LogP contribution in [-0.2, 0) is 18.9 Å². The number of aliphatic hydroxyl groups excluding tert-OH is 7. The van der Waals surface area contributed by atoms with Gasteiger partial charge in [-0.3, -0.25) is 0 Å². The topological polar surface area (TPSA) is 179 Å². The third-order valence-corrected chi connectivity index (χ3v) is 6.81. The van der Waals surface area contributed by atoms with E-state index in [0.29, 0.717) is 6.61 Å². The molecule has 0 aromatic rings. The summed E-state index contributed by atoms with van der Waals surface area (Å²) in [6, 6.07) is 0. The molecule has 0 unspecified atom stereocenters. The van der Waals surface area contributed by atoms with E-state index in [1.807, 2.05) is 0 Å². The maximum atomic E-state index is 10.3. The quantitative estimate of drug-likeness (QED) is 0.126. The smallest absolute Gasteiger partial charge is 0.224 e. The van der Waals surface area contributed by atoms with Crippen LogP contribution in [0.1, 0.15) is 71.1 Å². The summed E-state index contributed by atoms with van der Waals surface area (Å²) < 4.78 is 22.0. The molecule has 2 fully saturated rings. The van der Waals surface area contributed by atoms with E-state index in [9.17, 15) is 35.7 Å². The Bertz CT molecular complexity index is 568. The highest BCUT2D eigenvalue weighted by Crippen LogP contribution is 2.36. The normalized spacial score (nSPS) is 37.7. The molecule has 11 heteroatoms. The van der Waals surface area contributed by atoms with Crippen LogP contribution in [0, 0.1) is 0 Å². The van der Waals surface area contributed by atoms with Gasteiger partial charge in [0.1, 0.15) is 49.3 Å². The molecule has 0 aromatic heterocycles. The van der Waals surface area contributed by atoms with Crippen LogP contribution in [-0.4, -0.2) is 117 Å². The Balaban J connectivity index is 1.74. The molecule has 208 valence electrons. The maximum Gasteiger partial charge on any atom is 0.224 e. The number of ether oxygens (including phenoxy) is 4. The molecule has 0 amide bonds. The Kier molecular flexibility index (Phi) is 13.8. The minimum absolute atomic E-state index is 0.0698. The van der Waals surface area contributed by atoms with Crippen molar-refractivity contribution in [2.45, 2.75) is 126 Å². The molecule has 0 radical (unpaired) electrons. The lowest BCUT2D eigenvalue weighted by Gasteiger charge is -2.43. The first-order valence-corrected chi connectivity index (χ1v) is 13.0. The first-order chi connectivity index (χ1) is 16.8. The van der Waals surface area contributed by atoms with Crippen LogP contribution in [0.3, 0.4) is 0 Å². The van der Waals surface area contributed by atoms with Crippen molar-refractivity contribution in [1.82, 2.24) is 0 Å². The SMILES string of the molecule is CCCCCCCCCCCCOC[C@H]1O[C@H](O[C@]2(CO)O[C@H](CO)[C@@H](O)[C@@H]2O)[C@H](O)[C@@H](O)[C@@H]1O. The molecular formula is C24H46O11. The molecule has 2 aliphatic heterocycles. The first kappa shape index (κ1) is 30.8. The molecule has 0 bridgehead atoms. The number of unbranched alkanes of at least 4 members (excludes halogenated alkanes) is 9. The van der Waals surface area contributed by atoms with E-state index in [4.69, 9.17) is 18.9 Å². The van der Waals surface area contributed by atoms with Crippen molar-refractivity contribution in [2.24, 2.45) is 0 Å². The van der Waals surface area contributed by atoms with Gasteiger partial charge in [0.05, 0.1) is 13.2 Å². The van der Waals surface area contributed by atoms with E-state index in [-0.39, 0.29) is 6.61 Å². The molecule has 0 saturated carbocycles. The lowest BCUT2D eigenvalue weighted by Crippen LogP contribution is -2.62. The van der Waals surface area contributed by atoms with Crippen LogP contribution < -0.4 is 0 Å². The molecule has 35 heavy (non-hydrogen) atoms. The van der Waals surface area contributed by atoms with Gasteiger partial charge in [-0.25, -0.2) is 0 Å². The monoisotopic (exact) mass is 510 g/mol. The summed E-state index contributed by atoms with van der Waals surface area (Å²) in [4.78, 5) is 0. The van der Waals surface area contributed by atoms with Crippen LogP contribution in [0.25, 0.3) is 0 Å². The number of hydrogen-bond donors (Lipinski definition) is 7. The summed E-state index contributed by atoms with van der Waals surface area (Å²) in [5.41, 5.74) is 0. The largest absolute Gasteiger partial charge is 0.394 e. The zero-order valence-electron chi connectivity index (χ0n) is 20.8. The van der Waals surface area contributed by atoms with Gasteiger partial charge in [-0.05, 0) is 6.42 Å². The third kappa shape index (κ3) is 8.54. The fraction of sp³-hybridized carbons (Fsp3) is 1.00. The summed E-state index contributed by atoms with van der Waals surface area (Å²) in [6.07, 6.45) is -0.0918. The summed E-state index contributed by atoms with van der Waals surface area (Å²) >= 11 is 0. The lowest BCUT2D eigenvalue weighted by atomic mass is 9.99. The van der Waals surface area contributed by atoms with Crippen molar-refractivity contribution >= 4 is 0 Å². The van der Waals surface area contributed by atoms with E-state index in [2.05, 4.69) is 6.92 Å². The third-order valence-electron chi connectivity index (χ3n) is 6.81. The van der Waals surface area contributed by atoms with Crippen molar-refractivity contribution in [3.05, 3.63) is 0 Å². The molecule has 2 saturated heterocycles. The van der Waals surface area contributed by atoms with Crippen molar-refractivity contribution < 1.29 is 54.7 Å². The van der Waals surface area contributed by atoms with Gasteiger partial charge in [-0.1, -0.05) is 64.7 Å². The Hall–Kier alpha value is -0.440. The second kappa shape index (κ2) is 15.7. The van der Waals surface area contributed by atoms with Crippen molar-refractivity contribution in [2.75, 3.05) is 26.4 Å². The van der Waals surface area contributed by atoms with Crippen molar-refractivity contribution in [3.63, 3.8) is 0 Å². The molecule has 0 aliphatic carbocycles. The average molecular weight is 511 g/mol. The van der Waals surface area contributed by atoms with Gasteiger partial charge in [0, 0.05) is 6.61 Å². The van der Waals surface area contributed by atoms with E-state index in [1.54, 1.807) is 0 Å². The standard InChI is InChI=1S/C24H46O11/c1-2-3-4-5-6-7-8-9-10-11-12-32-14-17-18(27)20(29)21(30)23(33-17)35-24(15-26)22(31)19(28)16(13-25)34-24/h16-23,25-31H,2-15H2,1H3/t16-,17-,18-,19-,20+,21-,22+,23-,24+/m1/s1. The Morgan fingerprint density at radius 2 is 1.31 bits per heavy atom. The maximum absolute atomic E-state index is 10.3. The average Bonchev–Trinajstić information content (AvgIpc) is 3.10. The van der Waals surface area contributed by atoms with E-state index < -0.39 is 68.0 Å². The Labute approximate surface area is 207 Å². The minimum atomic E-state index is -2.19. The lowest BCUT2D eigenvalue weighted by molar-refractivity contribution is -0.384. The number of aliphatic hydroxyl groups is 7. The minimum Gasteiger partial charge on any atom is -0.394 e. The highest BCUT2D eigenvalue weighted by atomic mass is 16.8. The molecule has 0 aromatic carbocycles. The molecular weight excluding hydrogens is 464 g/mol. The Morgan fingerprint density at radius 1 is 0.714 bits per heavy atom. The van der Waals surface area contributed by atoms with Crippen LogP contribution in [0.2, 0.25) is 0 Å². The van der Waals surface area contributed by atoms with Gasteiger partial charge in [0.2, 0.25) is 5.79 Å². The van der Waals surface area contributed by atoms with Crippen molar-refractivity contribution in [3.8, 4) is 0 Å². The second-order valence-electron chi connectivity index (χ2n) is 9.63. The fourth-order valence-corrected chi connectivity index (χ4v) is 4.51. The first-order valence-electron chi connectivity index (χ1n) is 13.0. The summed E-state index contributed by atoms with van der Waals surface area (Å²) in [6.45, 7) is 1.02. The van der Waals surface area contributed by atoms with Crippen LogP contribution in [0.15, 0.2) is 0 Å². The molecule has 9 atom stereocenters. The van der Waals surface area contributed by atoms with Gasteiger partial charge < -0.3 is 54.7 Å². The van der Waals surface area contributed by atoms with Gasteiger partial charge in [-0.15, -0.1) is 0 Å². The van der Waals surface area contributed by atoms with Crippen LogP contribution in [0.5, 0.6) is 0 Å². The number of rotatable bonds is 17. The van der Waals surface area contributed by atoms with Crippen LogP contribution >= 0.6 is 0 Å². The summed E-state index contributed by atoms with van der Waals surface area (Å²) in [5.74, 6) is -2.19. The van der Waals surface area contributed by atoms with E-state index in [1.165, 1.54) is 44.9 Å². The highest BCUT2D eigenvalue weighted by molar-refractivity contribution is 4.98. The molecule has 2 rings (SSSR count). The van der Waals surface area contributed by atoms with E-state index in [0.717, 1.165) is 19.3 Å². The molecule has 0 spiro atoms. The Morgan fingerprint density at radius 3 is 1.86 bits per heavy atom. The number of hydrogen-bond acceptors (Lipinski definition) is 11. The highest BCUT2D eigenvalue weighted by Gasteiger charge is 2.58. The van der Waals surface area contributed by atoms with Gasteiger partial charge in [-0.2, -0.15) is 0 Å². The summed E-state index contributed by atoms with van der Waals surface area (Å²) in [7, 11) is 0. The predicted molar refractivity (Wildman–Crippen MR) is 124 cm³/mol. The predicted octanol–water partition coefficient (Wildman–Crippen LogP) is -0.450. The second-order valence-corrected chi connectivity index (χ2v) is 9.63. The van der Waals surface area contributed by atoms with Crippen LogP contribution in [0.4, 0.5) is 0 Å². The zero-order chi connectivity index (χ0) is 25.8. The molecule has 2 aliphatic rings. The molecule has 2 heterocycles.